The molecule has 2 N–H and O–H groups in total. The van der Waals surface area contributed by atoms with Gasteiger partial charge >= 0.3 is 0 Å². The van der Waals surface area contributed by atoms with E-state index in [-0.39, 0.29) is 17.2 Å². The predicted octanol–water partition coefficient (Wildman–Crippen LogP) is 2.42. The Balaban J connectivity index is 2.43. The first-order valence-electron chi connectivity index (χ1n) is 7.30. The monoisotopic (exact) mass is 254 g/mol. The van der Waals surface area contributed by atoms with Gasteiger partial charge in [-0.15, -0.1) is 0 Å². The third-order valence-electron chi connectivity index (χ3n) is 4.49. The van der Waals surface area contributed by atoms with Crippen LogP contribution in [0, 0.1) is 23.2 Å². The molecule has 1 aliphatic carbocycles. The summed E-state index contributed by atoms with van der Waals surface area (Å²) in [4.78, 5) is 12.2. The molecular weight excluding hydrogens is 224 g/mol. The van der Waals surface area contributed by atoms with E-state index in [2.05, 4.69) is 38.3 Å². The normalized spacial score (nSPS) is 18.6. The van der Waals surface area contributed by atoms with E-state index in [9.17, 15) is 4.79 Å². The van der Waals surface area contributed by atoms with E-state index in [4.69, 9.17) is 0 Å². The molecule has 0 aliphatic heterocycles. The molecule has 3 heteroatoms. The zero-order chi connectivity index (χ0) is 13.8. The molecule has 0 heterocycles. The Hall–Kier alpha value is -0.570. The first-order valence-corrected chi connectivity index (χ1v) is 7.30. The maximum absolute atomic E-state index is 12.2. The summed E-state index contributed by atoms with van der Waals surface area (Å²) in [5.74, 6) is 1.45. The van der Waals surface area contributed by atoms with E-state index >= 15 is 0 Å². The number of nitrogens with one attached hydrogen (secondary N) is 2. The lowest BCUT2D eigenvalue weighted by Gasteiger charge is -2.40. The summed E-state index contributed by atoms with van der Waals surface area (Å²) in [5.41, 5.74) is 0.245. The van der Waals surface area contributed by atoms with Crippen LogP contribution < -0.4 is 10.6 Å². The molecule has 3 nitrogen and oxygen atoms in total. The summed E-state index contributed by atoms with van der Waals surface area (Å²) >= 11 is 0. The standard InChI is InChI=1S/C15H30N2O/c1-11(2)13(9-16-5)14(18)17-10-15(3,4)12-7-6-8-12/h11-13,16H,6-10H2,1-5H3,(H,17,18). The van der Waals surface area contributed by atoms with Crippen molar-refractivity contribution >= 4 is 5.91 Å². The molecule has 0 aromatic rings. The molecule has 1 fully saturated rings. The van der Waals surface area contributed by atoms with Gasteiger partial charge in [0.15, 0.2) is 0 Å². The molecule has 18 heavy (non-hydrogen) atoms. The van der Waals surface area contributed by atoms with Crippen LogP contribution in [0.5, 0.6) is 0 Å². The number of carbonyl (C=O) groups is 1. The summed E-state index contributed by atoms with van der Waals surface area (Å²) in [6.45, 7) is 10.3. The Bertz CT molecular complexity index is 270. The summed E-state index contributed by atoms with van der Waals surface area (Å²) in [6.07, 6.45) is 4.01. The van der Waals surface area contributed by atoms with Gasteiger partial charge in [0.25, 0.3) is 0 Å². The van der Waals surface area contributed by atoms with Gasteiger partial charge in [-0.2, -0.15) is 0 Å². The van der Waals surface area contributed by atoms with Gasteiger partial charge in [-0.3, -0.25) is 4.79 Å². The molecule has 1 amide bonds. The zero-order valence-corrected chi connectivity index (χ0v) is 12.7. The van der Waals surface area contributed by atoms with Crippen molar-refractivity contribution in [3.05, 3.63) is 0 Å². The number of carbonyl (C=O) groups excluding carboxylic acids is 1. The van der Waals surface area contributed by atoms with Crippen molar-refractivity contribution in [3.8, 4) is 0 Å². The van der Waals surface area contributed by atoms with Gasteiger partial charge < -0.3 is 10.6 Å². The molecule has 0 aromatic carbocycles. The Morgan fingerprint density at radius 1 is 1.33 bits per heavy atom. The first-order chi connectivity index (χ1) is 8.38. The average molecular weight is 254 g/mol. The van der Waals surface area contributed by atoms with Crippen molar-refractivity contribution in [2.24, 2.45) is 23.2 Å². The molecule has 0 radical (unpaired) electrons. The number of amides is 1. The molecule has 0 bridgehead atoms. The maximum Gasteiger partial charge on any atom is 0.224 e. The third-order valence-corrected chi connectivity index (χ3v) is 4.49. The molecule has 0 saturated heterocycles. The lowest BCUT2D eigenvalue weighted by atomic mass is 9.67. The summed E-state index contributed by atoms with van der Waals surface area (Å²) < 4.78 is 0. The Kier molecular flexibility index (Phi) is 5.64. The highest BCUT2D eigenvalue weighted by molar-refractivity contribution is 5.79. The Morgan fingerprint density at radius 2 is 1.94 bits per heavy atom. The van der Waals surface area contributed by atoms with Crippen molar-refractivity contribution in [2.75, 3.05) is 20.1 Å². The van der Waals surface area contributed by atoms with E-state index in [1.54, 1.807) is 0 Å². The van der Waals surface area contributed by atoms with Gasteiger partial charge in [-0.05, 0) is 37.1 Å². The summed E-state index contributed by atoms with van der Waals surface area (Å²) in [6, 6.07) is 0. The van der Waals surface area contributed by atoms with Crippen molar-refractivity contribution in [1.82, 2.24) is 10.6 Å². The van der Waals surface area contributed by atoms with Gasteiger partial charge in [0.2, 0.25) is 5.91 Å². The second kappa shape index (κ2) is 6.55. The van der Waals surface area contributed by atoms with Crippen molar-refractivity contribution < 1.29 is 4.79 Å². The van der Waals surface area contributed by atoms with Crippen molar-refractivity contribution in [1.29, 1.82) is 0 Å². The fraction of sp³-hybridized carbons (Fsp3) is 0.933. The summed E-state index contributed by atoms with van der Waals surface area (Å²) in [5, 5.41) is 6.27. The van der Waals surface area contributed by atoms with Gasteiger partial charge in [-0.25, -0.2) is 0 Å². The highest BCUT2D eigenvalue weighted by atomic mass is 16.1. The van der Waals surface area contributed by atoms with Gasteiger partial charge in [0.1, 0.15) is 0 Å². The smallest absolute Gasteiger partial charge is 0.224 e. The van der Waals surface area contributed by atoms with Crippen LogP contribution in [0.1, 0.15) is 47.0 Å². The van der Waals surface area contributed by atoms with E-state index in [1.165, 1.54) is 19.3 Å². The van der Waals surface area contributed by atoms with Gasteiger partial charge in [0, 0.05) is 13.1 Å². The average Bonchev–Trinajstić information content (AvgIpc) is 2.19. The lowest BCUT2D eigenvalue weighted by Crippen LogP contribution is -2.45. The number of rotatable bonds is 7. The topological polar surface area (TPSA) is 41.1 Å². The Morgan fingerprint density at radius 3 is 2.33 bits per heavy atom. The molecule has 1 unspecified atom stereocenters. The molecule has 106 valence electrons. The van der Waals surface area contributed by atoms with Crippen LogP contribution in [0.25, 0.3) is 0 Å². The predicted molar refractivity (Wildman–Crippen MR) is 76.4 cm³/mol. The van der Waals surface area contributed by atoms with Crippen LogP contribution in [0.4, 0.5) is 0 Å². The third kappa shape index (κ3) is 3.98. The molecule has 1 saturated carbocycles. The minimum absolute atomic E-state index is 0.0761. The number of hydrogen-bond donors (Lipinski definition) is 2. The lowest BCUT2D eigenvalue weighted by molar-refractivity contribution is -0.126. The quantitative estimate of drug-likeness (QED) is 0.732. The van der Waals surface area contributed by atoms with Crippen LogP contribution in [-0.4, -0.2) is 26.0 Å². The molecule has 1 rings (SSSR count). The van der Waals surface area contributed by atoms with Gasteiger partial charge in [0.05, 0.1) is 5.92 Å². The number of hydrogen-bond acceptors (Lipinski definition) is 2. The molecular formula is C15H30N2O. The SMILES string of the molecule is CNCC(C(=O)NCC(C)(C)C1CCC1)C(C)C. The maximum atomic E-state index is 12.2. The van der Waals surface area contributed by atoms with E-state index in [0.717, 1.165) is 19.0 Å². The molecule has 0 spiro atoms. The van der Waals surface area contributed by atoms with Crippen LogP contribution in [0.15, 0.2) is 0 Å². The van der Waals surface area contributed by atoms with Crippen molar-refractivity contribution in [2.45, 2.75) is 47.0 Å². The van der Waals surface area contributed by atoms with Gasteiger partial charge in [-0.1, -0.05) is 34.1 Å². The van der Waals surface area contributed by atoms with E-state index in [0.29, 0.717) is 5.92 Å². The van der Waals surface area contributed by atoms with Crippen LogP contribution in [0.2, 0.25) is 0 Å². The second-order valence-electron chi connectivity index (χ2n) is 6.74. The first kappa shape index (κ1) is 15.5. The fourth-order valence-electron chi connectivity index (χ4n) is 2.63. The van der Waals surface area contributed by atoms with Crippen LogP contribution >= 0.6 is 0 Å². The van der Waals surface area contributed by atoms with Crippen LogP contribution in [-0.2, 0) is 4.79 Å². The minimum Gasteiger partial charge on any atom is -0.355 e. The highest BCUT2D eigenvalue weighted by Gasteiger charge is 2.34. The molecule has 0 aromatic heterocycles. The second-order valence-corrected chi connectivity index (χ2v) is 6.74. The van der Waals surface area contributed by atoms with E-state index in [1.807, 2.05) is 7.05 Å². The molecule has 1 aliphatic rings. The largest absolute Gasteiger partial charge is 0.355 e. The molecule has 1 atom stereocenters. The minimum atomic E-state index is 0.0761. The highest BCUT2D eigenvalue weighted by Crippen LogP contribution is 2.41. The zero-order valence-electron chi connectivity index (χ0n) is 12.7. The Labute approximate surface area is 112 Å². The van der Waals surface area contributed by atoms with E-state index < -0.39 is 0 Å². The summed E-state index contributed by atoms with van der Waals surface area (Å²) in [7, 11) is 1.90. The van der Waals surface area contributed by atoms with Crippen LogP contribution in [0.3, 0.4) is 0 Å². The van der Waals surface area contributed by atoms with Crippen molar-refractivity contribution in [3.63, 3.8) is 0 Å². The fourth-order valence-corrected chi connectivity index (χ4v) is 2.63.